The van der Waals surface area contributed by atoms with E-state index in [4.69, 9.17) is 10.8 Å². The molecule has 3 N–H and O–H groups in total. The molecule has 0 amide bonds. The molecule has 0 aromatic rings. The number of aliphatic carboxylic acids is 1. The summed E-state index contributed by atoms with van der Waals surface area (Å²) in [5, 5.41) is 8.49. The molecule has 1 unspecified atom stereocenters. The number of nitrogens with two attached hydrogens (primary N) is 1. The highest BCUT2D eigenvalue weighted by molar-refractivity contribution is 5.67. The van der Waals surface area contributed by atoms with Crippen LogP contribution in [0.15, 0.2) is 0 Å². The summed E-state index contributed by atoms with van der Waals surface area (Å²) in [5.74, 6) is -3.60. The second-order valence-electron chi connectivity index (χ2n) is 3.96. The summed E-state index contributed by atoms with van der Waals surface area (Å²) in [5.41, 5.74) is 5.61. The highest BCUT2D eigenvalue weighted by Crippen LogP contribution is 2.37. The molecule has 1 aliphatic rings. The molecule has 3 nitrogen and oxygen atoms in total. The largest absolute Gasteiger partial charge is 0.481 e. The van der Waals surface area contributed by atoms with Crippen molar-refractivity contribution in [2.75, 3.05) is 0 Å². The van der Waals surface area contributed by atoms with Crippen LogP contribution in [0, 0.1) is 5.92 Å². The first-order valence-corrected chi connectivity index (χ1v) is 4.76. The van der Waals surface area contributed by atoms with Crippen LogP contribution in [-0.2, 0) is 4.79 Å². The van der Waals surface area contributed by atoms with Gasteiger partial charge in [0.25, 0.3) is 0 Å². The van der Waals surface area contributed by atoms with E-state index in [1.54, 1.807) is 0 Å². The molecule has 0 saturated heterocycles. The first-order valence-electron chi connectivity index (χ1n) is 4.76. The molecule has 1 aliphatic carbocycles. The summed E-state index contributed by atoms with van der Waals surface area (Å²) >= 11 is 0. The second-order valence-corrected chi connectivity index (χ2v) is 3.96. The fourth-order valence-electron chi connectivity index (χ4n) is 1.86. The van der Waals surface area contributed by atoms with Gasteiger partial charge in [0, 0.05) is 18.9 Å². The SMILES string of the molecule is NC(CC(=O)O)C1CCC(F)(F)CC1. The minimum atomic E-state index is -2.57. The van der Waals surface area contributed by atoms with E-state index < -0.39 is 17.9 Å². The molecule has 0 heterocycles. The van der Waals surface area contributed by atoms with Crippen LogP contribution in [0.1, 0.15) is 32.1 Å². The van der Waals surface area contributed by atoms with Crippen LogP contribution in [-0.4, -0.2) is 23.0 Å². The zero-order valence-electron chi connectivity index (χ0n) is 7.88. The van der Waals surface area contributed by atoms with E-state index in [9.17, 15) is 13.6 Å². The van der Waals surface area contributed by atoms with Gasteiger partial charge in [-0.3, -0.25) is 4.79 Å². The summed E-state index contributed by atoms with van der Waals surface area (Å²) in [6.07, 6.45) is 0.217. The predicted molar refractivity (Wildman–Crippen MR) is 47.1 cm³/mol. The molecule has 0 bridgehead atoms. The van der Waals surface area contributed by atoms with E-state index in [-0.39, 0.29) is 25.2 Å². The maximum atomic E-state index is 12.7. The van der Waals surface area contributed by atoms with Gasteiger partial charge in [-0.2, -0.15) is 0 Å². The number of halogens is 2. The highest BCUT2D eigenvalue weighted by atomic mass is 19.3. The van der Waals surface area contributed by atoms with Gasteiger partial charge in [-0.25, -0.2) is 8.78 Å². The van der Waals surface area contributed by atoms with Gasteiger partial charge in [-0.05, 0) is 18.8 Å². The zero-order valence-corrected chi connectivity index (χ0v) is 7.88. The molecule has 82 valence electrons. The number of rotatable bonds is 3. The van der Waals surface area contributed by atoms with Crippen LogP contribution in [0.4, 0.5) is 8.78 Å². The average Bonchev–Trinajstić information content (AvgIpc) is 2.02. The summed E-state index contributed by atoms with van der Waals surface area (Å²) in [6, 6.07) is -0.483. The summed E-state index contributed by atoms with van der Waals surface area (Å²) < 4.78 is 25.5. The molecule has 1 rings (SSSR count). The van der Waals surface area contributed by atoms with Crippen molar-refractivity contribution < 1.29 is 18.7 Å². The van der Waals surface area contributed by atoms with Crippen LogP contribution in [0.5, 0.6) is 0 Å². The Morgan fingerprint density at radius 2 is 2.00 bits per heavy atom. The number of hydrogen-bond donors (Lipinski definition) is 2. The van der Waals surface area contributed by atoms with Crippen molar-refractivity contribution in [2.45, 2.75) is 44.1 Å². The van der Waals surface area contributed by atoms with E-state index in [1.807, 2.05) is 0 Å². The number of carboxylic acid groups (broad SMARTS) is 1. The third-order valence-corrected chi connectivity index (χ3v) is 2.78. The highest BCUT2D eigenvalue weighted by Gasteiger charge is 2.37. The molecule has 0 radical (unpaired) electrons. The van der Waals surface area contributed by atoms with Gasteiger partial charge < -0.3 is 10.8 Å². The van der Waals surface area contributed by atoms with E-state index in [0.29, 0.717) is 12.8 Å². The van der Waals surface area contributed by atoms with Gasteiger partial charge in [0.2, 0.25) is 5.92 Å². The molecule has 1 fully saturated rings. The Bertz CT molecular complexity index is 211. The lowest BCUT2D eigenvalue weighted by molar-refractivity contribution is -0.137. The summed E-state index contributed by atoms with van der Waals surface area (Å²) in [6.45, 7) is 0. The topological polar surface area (TPSA) is 63.3 Å². The second kappa shape index (κ2) is 4.21. The fraction of sp³-hybridized carbons (Fsp3) is 0.889. The Balaban J connectivity index is 2.37. The van der Waals surface area contributed by atoms with Crippen molar-refractivity contribution in [1.29, 1.82) is 0 Å². The third-order valence-electron chi connectivity index (χ3n) is 2.78. The van der Waals surface area contributed by atoms with Crippen molar-refractivity contribution in [2.24, 2.45) is 11.7 Å². The quantitative estimate of drug-likeness (QED) is 0.739. The first-order chi connectivity index (χ1) is 6.41. The minimum absolute atomic E-state index is 0.0641. The van der Waals surface area contributed by atoms with Gasteiger partial charge in [0.15, 0.2) is 0 Å². The first kappa shape index (κ1) is 11.4. The van der Waals surface area contributed by atoms with Crippen molar-refractivity contribution >= 4 is 5.97 Å². The number of alkyl halides is 2. The van der Waals surface area contributed by atoms with Gasteiger partial charge >= 0.3 is 5.97 Å². The lowest BCUT2D eigenvalue weighted by Gasteiger charge is -2.31. The Hall–Kier alpha value is -0.710. The van der Waals surface area contributed by atoms with Gasteiger partial charge in [0.1, 0.15) is 0 Å². The Morgan fingerprint density at radius 3 is 2.43 bits per heavy atom. The third kappa shape index (κ3) is 3.21. The predicted octanol–water partition coefficient (Wildman–Crippen LogP) is 1.61. The number of carbonyl (C=O) groups is 1. The Morgan fingerprint density at radius 1 is 1.50 bits per heavy atom. The smallest absolute Gasteiger partial charge is 0.304 e. The maximum Gasteiger partial charge on any atom is 0.304 e. The molecular formula is C9H15F2NO2. The van der Waals surface area contributed by atoms with Crippen molar-refractivity contribution in [1.82, 2.24) is 0 Å². The fourth-order valence-corrected chi connectivity index (χ4v) is 1.86. The minimum Gasteiger partial charge on any atom is -0.481 e. The number of carboxylic acids is 1. The monoisotopic (exact) mass is 207 g/mol. The molecule has 0 aliphatic heterocycles. The van der Waals surface area contributed by atoms with Crippen LogP contribution < -0.4 is 5.73 Å². The van der Waals surface area contributed by atoms with Crippen molar-refractivity contribution in [3.8, 4) is 0 Å². The summed E-state index contributed by atoms with van der Waals surface area (Å²) in [7, 11) is 0. The molecule has 1 saturated carbocycles. The molecular weight excluding hydrogens is 192 g/mol. The molecule has 1 atom stereocenters. The van der Waals surface area contributed by atoms with E-state index in [2.05, 4.69) is 0 Å². The summed E-state index contributed by atoms with van der Waals surface area (Å²) in [4.78, 5) is 10.4. The average molecular weight is 207 g/mol. The van der Waals surface area contributed by atoms with Gasteiger partial charge in [-0.1, -0.05) is 0 Å². The van der Waals surface area contributed by atoms with Gasteiger partial charge in [-0.15, -0.1) is 0 Å². The molecule has 14 heavy (non-hydrogen) atoms. The van der Waals surface area contributed by atoms with Crippen LogP contribution in [0.3, 0.4) is 0 Å². The van der Waals surface area contributed by atoms with Crippen molar-refractivity contribution in [3.63, 3.8) is 0 Å². The van der Waals surface area contributed by atoms with Crippen LogP contribution in [0.25, 0.3) is 0 Å². The molecule has 0 spiro atoms. The Kier molecular flexibility index (Phi) is 3.42. The van der Waals surface area contributed by atoms with E-state index >= 15 is 0 Å². The maximum absolute atomic E-state index is 12.7. The Labute approximate surface area is 81.3 Å². The standard InChI is InChI=1S/C9H15F2NO2/c10-9(11)3-1-6(2-4-9)7(12)5-8(13)14/h6-7H,1-5,12H2,(H,13,14). The molecule has 0 aromatic carbocycles. The molecule has 5 heteroatoms. The number of hydrogen-bond acceptors (Lipinski definition) is 2. The van der Waals surface area contributed by atoms with E-state index in [1.165, 1.54) is 0 Å². The van der Waals surface area contributed by atoms with Crippen molar-refractivity contribution in [3.05, 3.63) is 0 Å². The normalized spacial score (nSPS) is 24.5. The van der Waals surface area contributed by atoms with Crippen LogP contribution >= 0.6 is 0 Å². The lowest BCUT2D eigenvalue weighted by Crippen LogP contribution is -2.37. The van der Waals surface area contributed by atoms with Crippen LogP contribution in [0.2, 0.25) is 0 Å². The molecule has 0 aromatic heterocycles. The van der Waals surface area contributed by atoms with E-state index in [0.717, 1.165) is 0 Å². The zero-order chi connectivity index (χ0) is 10.8. The van der Waals surface area contributed by atoms with Gasteiger partial charge in [0.05, 0.1) is 6.42 Å². The lowest BCUT2D eigenvalue weighted by atomic mass is 9.81.